The molecule has 0 amide bonds. The fraction of sp³-hybridized carbons (Fsp3) is 0.0526. The second-order valence-corrected chi connectivity index (χ2v) is 16.0. The smallest absolute Gasteiger partial charge is 0.136 e. The van der Waals surface area contributed by atoms with Crippen LogP contribution in [0.2, 0.25) is 0 Å². The van der Waals surface area contributed by atoms with Crippen molar-refractivity contribution in [1.82, 2.24) is 0 Å². The van der Waals surface area contributed by atoms with Crippen LogP contribution in [0.25, 0.3) is 77.6 Å². The first-order valence-corrected chi connectivity index (χ1v) is 20.4. The molecule has 9 aromatic carbocycles. The third-order valence-corrected chi connectivity index (χ3v) is 12.3. The fourth-order valence-electron chi connectivity index (χ4n) is 9.49. The standard InChI is InChI=1S/C57H41NO/c1-57(2)50-28-16-14-25-45(50)46-33-31-42(37-51(46)57)58(41-30-32-44(39-20-8-4-9-21-39)49(36-41)40-22-10-5-11-23-40)52-34-35-54-56(48-27-15-17-29-53(48)59-54)55(52)47-26-13-12-24-43(47)38-18-6-3-7-19-38/h3-37H,1-2H3. The van der Waals surface area contributed by atoms with E-state index in [1.165, 1.54) is 55.6 Å². The van der Waals surface area contributed by atoms with Gasteiger partial charge in [0.05, 0.1) is 5.69 Å². The SMILES string of the molecule is CC1(C)c2ccccc2-c2ccc(N(c3ccc(-c4ccccc4)c(-c4ccccc4)c3)c3ccc4oc5ccccc5c4c3-c3ccccc3-c3ccccc3)cc21. The molecule has 10 aromatic rings. The maximum atomic E-state index is 6.65. The van der Waals surface area contributed by atoms with Gasteiger partial charge in [-0.1, -0.05) is 184 Å². The van der Waals surface area contributed by atoms with Gasteiger partial charge in [-0.2, -0.15) is 0 Å². The van der Waals surface area contributed by atoms with Crippen molar-refractivity contribution in [3.63, 3.8) is 0 Å². The summed E-state index contributed by atoms with van der Waals surface area (Å²) >= 11 is 0. The number of benzene rings is 9. The van der Waals surface area contributed by atoms with E-state index in [2.05, 4.69) is 231 Å². The van der Waals surface area contributed by atoms with Crippen LogP contribution in [0.15, 0.2) is 217 Å². The summed E-state index contributed by atoms with van der Waals surface area (Å²) in [6, 6.07) is 76.9. The van der Waals surface area contributed by atoms with E-state index in [-0.39, 0.29) is 5.41 Å². The van der Waals surface area contributed by atoms with Crippen LogP contribution in [0.5, 0.6) is 0 Å². The van der Waals surface area contributed by atoms with Crippen molar-refractivity contribution < 1.29 is 4.42 Å². The summed E-state index contributed by atoms with van der Waals surface area (Å²) in [4.78, 5) is 2.48. The molecule has 0 spiro atoms. The molecule has 0 radical (unpaired) electrons. The van der Waals surface area contributed by atoms with E-state index in [0.29, 0.717) is 0 Å². The van der Waals surface area contributed by atoms with Gasteiger partial charge in [0.15, 0.2) is 0 Å². The minimum atomic E-state index is -0.173. The van der Waals surface area contributed by atoms with Crippen molar-refractivity contribution in [2.75, 3.05) is 4.90 Å². The number of nitrogens with zero attached hydrogens (tertiary/aromatic N) is 1. The Bertz CT molecular complexity index is 3180. The molecule has 0 saturated heterocycles. The first-order chi connectivity index (χ1) is 29.0. The molecular weight excluding hydrogens is 715 g/mol. The lowest BCUT2D eigenvalue weighted by Crippen LogP contribution is -2.17. The third kappa shape index (κ3) is 5.71. The van der Waals surface area contributed by atoms with Gasteiger partial charge in [0.2, 0.25) is 0 Å². The summed E-state index contributed by atoms with van der Waals surface area (Å²) in [6.45, 7) is 4.72. The van der Waals surface area contributed by atoms with Crippen molar-refractivity contribution in [2.45, 2.75) is 19.3 Å². The number of furan rings is 1. The Balaban J connectivity index is 1.24. The predicted molar refractivity (Wildman–Crippen MR) is 248 cm³/mol. The van der Waals surface area contributed by atoms with Crippen molar-refractivity contribution in [3.8, 4) is 55.6 Å². The molecule has 59 heavy (non-hydrogen) atoms. The molecule has 0 fully saturated rings. The van der Waals surface area contributed by atoms with E-state index in [1.807, 2.05) is 0 Å². The van der Waals surface area contributed by atoms with Crippen LogP contribution in [0.4, 0.5) is 17.1 Å². The van der Waals surface area contributed by atoms with E-state index in [1.54, 1.807) is 0 Å². The molecule has 0 bridgehead atoms. The largest absolute Gasteiger partial charge is 0.456 e. The molecule has 1 aliphatic carbocycles. The third-order valence-electron chi connectivity index (χ3n) is 12.3. The molecule has 0 saturated carbocycles. The summed E-state index contributed by atoms with van der Waals surface area (Å²) in [6.07, 6.45) is 0. The zero-order valence-corrected chi connectivity index (χ0v) is 33.1. The number of para-hydroxylation sites is 1. The number of hydrogen-bond donors (Lipinski definition) is 0. The Kier molecular flexibility index (Phi) is 8.20. The molecule has 280 valence electrons. The van der Waals surface area contributed by atoms with Crippen LogP contribution in [-0.2, 0) is 5.41 Å². The van der Waals surface area contributed by atoms with Crippen LogP contribution in [0.1, 0.15) is 25.0 Å². The predicted octanol–water partition coefficient (Wildman–Crippen LogP) is 16.0. The van der Waals surface area contributed by atoms with Gasteiger partial charge in [0.1, 0.15) is 11.2 Å². The summed E-state index contributed by atoms with van der Waals surface area (Å²) in [7, 11) is 0. The topological polar surface area (TPSA) is 16.4 Å². The van der Waals surface area contributed by atoms with E-state index < -0.39 is 0 Å². The number of hydrogen-bond acceptors (Lipinski definition) is 2. The number of fused-ring (bicyclic) bond motifs is 6. The second kappa shape index (κ2) is 13.9. The van der Waals surface area contributed by atoms with E-state index in [9.17, 15) is 0 Å². The maximum Gasteiger partial charge on any atom is 0.136 e. The van der Waals surface area contributed by atoms with Gasteiger partial charge >= 0.3 is 0 Å². The molecule has 1 heterocycles. The molecule has 0 N–H and O–H groups in total. The fourth-order valence-corrected chi connectivity index (χ4v) is 9.49. The highest BCUT2D eigenvalue weighted by Crippen LogP contribution is 2.53. The molecule has 0 atom stereocenters. The highest BCUT2D eigenvalue weighted by molar-refractivity contribution is 6.18. The van der Waals surface area contributed by atoms with Crippen LogP contribution in [0, 0.1) is 0 Å². The molecule has 0 unspecified atom stereocenters. The number of rotatable bonds is 7. The molecular formula is C57H41NO. The highest BCUT2D eigenvalue weighted by atomic mass is 16.3. The molecule has 2 nitrogen and oxygen atoms in total. The van der Waals surface area contributed by atoms with Crippen LogP contribution in [-0.4, -0.2) is 0 Å². The molecule has 0 aliphatic heterocycles. The normalized spacial score (nSPS) is 12.7. The molecule has 11 rings (SSSR count). The summed E-state index contributed by atoms with van der Waals surface area (Å²) in [5, 5.41) is 2.20. The summed E-state index contributed by atoms with van der Waals surface area (Å²) in [5.41, 5.74) is 19.4. The Morgan fingerprint density at radius 2 is 0.881 bits per heavy atom. The first kappa shape index (κ1) is 34.8. The number of anilines is 3. The zero-order chi connectivity index (χ0) is 39.5. The van der Waals surface area contributed by atoms with Gasteiger partial charge in [-0.25, -0.2) is 0 Å². The highest BCUT2D eigenvalue weighted by Gasteiger charge is 2.36. The van der Waals surface area contributed by atoms with Gasteiger partial charge in [0.25, 0.3) is 0 Å². The van der Waals surface area contributed by atoms with Crippen molar-refractivity contribution >= 4 is 39.0 Å². The lowest BCUT2D eigenvalue weighted by Gasteiger charge is -2.31. The minimum Gasteiger partial charge on any atom is -0.456 e. The Labute approximate surface area is 345 Å². The Hall–Kier alpha value is -7.42. The lowest BCUT2D eigenvalue weighted by atomic mass is 9.82. The quantitative estimate of drug-likeness (QED) is 0.161. The van der Waals surface area contributed by atoms with Gasteiger partial charge in [0, 0.05) is 33.1 Å². The van der Waals surface area contributed by atoms with Crippen LogP contribution < -0.4 is 4.90 Å². The van der Waals surface area contributed by atoms with Gasteiger partial charge in [-0.3, -0.25) is 0 Å². The maximum absolute atomic E-state index is 6.65. The van der Waals surface area contributed by atoms with Crippen molar-refractivity contribution in [2.24, 2.45) is 0 Å². The summed E-state index contributed by atoms with van der Waals surface area (Å²) in [5.74, 6) is 0. The minimum absolute atomic E-state index is 0.173. The molecule has 1 aromatic heterocycles. The average Bonchev–Trinajstić information content (AvgIpc) is 3.79. The molecule has 2 heteroatoms. The van der Waals surface area contributed by atoms with Gasteiger partial charge < -0.3 is 9.32 Å². The Morgan fingerprint density at radius 3 is 1.58 bits per heavy atom. The Morgan fingerprint density at radius 1 is 0.373 bits per heavy atom. The van der Waals surface area contributed by atoms with Crippen molar-refractivity contribution in [1.29, 1.82) is 0 Å². The van der Waals surface area contributed by atoms with Gasteiger partial charge in [-0.05, 0) is 104 Å². The zero-order valence-electron chi connectivity index (χ0n) is 33.1. The molecule has 1 aliphatic rings. The van der Waals surface area contributed by atoms with E-state index >= 15 is 0 Å². The first-order valence-electron chi connectivity index (χ1n) is 20.4. The van der Waals surface area contributed by atoms with Gasteiger partial charge in [-0.15, -0.1) is 0 Å². The monoisotopic (exact) mass is 755 g/mol. The van der Waals surface area contributed by atoms with Crippen LogP contribution >= 0.6 is 0 Å². The van der Waals surface area contributed by atoms with E-state index in [0.717, 1.165) is 50.1 Å². The van der Waals surface area contributed by atoms with Crippen molar-refractivity contribution in [3.05, 3.63) is 223 Å². The van der Waals surface area contributed by atoms with Crippen LogP contribution in [0.3, 0.4) is 0 Å². The summed E-state index contributed by atoms with van der Waals surface area (Å²) < 4.78 is 6.65. The van der Waals surface area contributed by atoms with E-state index in [4.69, 9.17) is 4.42 Å². The average molecular weight is 756 g/mol. The lowest BCUT2D eigenvalue weighted by molar-refractivity contribution is 0.660. The second-order valence-electron chi connectivity index (χ2n) is 16.0.